The number of benzene rings is 1. The predicted octanol–water partition coefficient (Wildman–Crippen LogP) is 3.80. The number of nitrogens with one attached hydrogen (secondary N) is 1. The predicted molar refractivity (Wildman–Crippen MR) is 80.1 cm³/mol. The number of carbonyl (C=O) groups excluding carboxylic acids is 1. The number of amides is 2. The minimum absolute atomic E-state index is 0.0901. The summed E-state index contributed by atoms with van der Waals surface area (Å²) in [5, 5.41) is 6.75. The Bertz CT molecular complexity index is 698. The molecule has 3 rings (SSSR count). The average molecular weight is 303 g/mol. The van der Waals surface area contributed by atoms with Gasteiger partial charge in [-0.1, -0.05) is 11.2 Å². The zero-order chi connectivity index (χ0) is 15.7. The molecule has 0 saturated carbocycles. The summed E-state index contributed by atoms with van der Waals surface area (Å²) in [6.45, 7) is 4.16. The second-order valence-electron chi connectivity index (χ2n) is 5.61. The zero-order valence-electron chi connectivity index (χ0n) is 12.6. The molecule has 5 nitrogen and oxygen atoms in total. The van der Waals surface area contributed by atoms with Crippen LogP contribution < -0.4 is 5.32 Å². The van der Waals surface area contributed by atoms with Gasteiger partial charge in [-0.25, -0.2) is 9.18 Å². The van der Waals surface area contributed by atoms with Crippen LogP contribution >= 0.6 is 0 Å². The number of hydrogen-bond acceptors (Lipinski definition) is 3. The van der Waals surface area contributed by atoms with Gasteiger partial charge in [-0.2, -0.15) is 0 Å². The van der Waals surface area contributed by atoms with E-state index in [1.807, 2.05) is 13.0 Å². The van der Waals surface area contributed by atoms with E-state index >= 15 is 0 Å². The minimum Gasteiger partial charge on any atom is -0.361 e. The maximum Gasteiger partial charge on any atom is 0.322 e. The number of aromatic nitrogens is 1. The van der Waals surface area contributed by atoms with Gasteiger partial charge < -0.3 is 14.7 Å². The lowest BCUT2D eigenvalue weighted by atomic mass is 10.1. The monoisotopic (exact) mass is 303 g/mol. The van der Waals surface area contributed by atoms with Crippen LogP contribution in [0.1, 0.15) is 35.9 Å². The quantitative estimate of drug-likeness (QED) is 0.918. The van der Waals surface area contributed by atoms with Crippen molar-refractivity contribution in [3.63, 3.8) is 0 Å². The molecule has 1 aromatic heterocycles. The molecule has 1 saturated heterocycles. The molecule has 0 spiro atoms. The van der Waals surface area contributed by atoms with Crippen molar-refractivity contribution in [3.05, 3.63) is 47.1 Å². The van der Waals surface area contributed by atoms with Crippen LogP contribution in [-0.2, 0) is 0 Å². The van der Waals surface area contributed by atoms with Crippen LogP contribution in [0.3, 0.4) is 0 Å². The number of halogens is 1. The average Bonchev–Trinajstić information content (AvgIpc) is 3.11. The summed E-state index contributed by atoms with van der Waals surface area (Å²) in [6, 6.07) is 6.19. The summed E-state index contributed by atoms with van der Waals surface area (Å²) in [4.78, 5) is 14.2. The number of nitrogens with zero attached hydrogens (tertiary/aromatic N) is 2. The zero-order valence-corrected chi connectivity index (χ0v) is 12.6. The van der Waals surface area contributed by atoms with Crippen LogP contribution in [0.2, 0.25) is 0 Å². The van der Waals surface area contributed by atoms with Crippen molar-refractivity contribution in [3.8, 4) is 0 Å². The molecular formula is C16H18FN3O2. The summed E-state index contributed by atoms with van der Waals surface area (Å²) < 4.78 is 18.7. The molecular weight excluding hydrogens is 285 g/mol. The summed E-state index contributed by atoms with van der Waals surface area (Å²) >= 11 is 0. The Hall–Kier alpha value is -2.37. The van der Waals surface area contributed by atoms with Crippen molar-refractivity contribution >= 4 is 11.7 Å². The third-order valence-corrected chi connectivity index (χ3v) is 3.92. The smallest absolute Gasteiger partial charge is 0.322 e. The molecule has 0 unspecified atom stereocenters. The summed E-state index contributed by atoms with van der Waals surface area (Å²) in [7, 11) is 0. The van der Waals surface area contributed by atoms with Gasteiger partial charge in [-0.15, -0.1) is 0 Å². The first kappa shape index (κ1) is 14.6. The molecule has 116 valence electrons. The van der Waals surface area contributed by atoms with Gasteiger partial charge in [0.1, 0.15) is 17.3 Å². The standard InChI is InChI=1S/C16H18FN3O2/c1-10-5-6-12(9-13(10)17)18-16(21)20-7-3-4-15(20)14-8-11(2)22-19-14/h5-6,8-9,15H,3-4,7H2,1-2H3,(H,18,21)/t15-/m0/s1. The van der Waals surface area contributed by atoms with Crippen molar-refractivity contribution in [2.45, 2.75) is 32.7 Å². The maximum absolute atomic E-state index is 13.6. The molecule has 0 aliphatic carbocycles. The van der Waals surface area contributed by atoms with Crippen molar-refractivity contribution in [2.24, 2.45) is 0 Å². The molecule has 0 bridgehead atoms. The Balaban J connectivity index is 1.74. The Morgan fingerprint density at radius 3 is 2.91 bits per heavy atom. The number of carbonyl (C=O) groups is 1. The maximum atomic E-state index is 13.6. The van der Waals surface area contributed by atoms with E-state index in [1.54, 1.807) is 24.0 Å². The Labute approximate surface area is 128 Å². The number of rotatable bonds is 2. The lowest BCUT2D eigenvalue weighted by Crippen LogP contribution is -2.34. The van der Waals surface area contributed by atoms with E-state index in [0.717, 1.165) is 24.3 Å². The van der Waals surface area contributed by atoms with E-state index in [-0.39, 0.29) is 17.9 Å². The van der Waals surface area contributed by atoms with E-state index in [2.05, 4.69) is 10.5 Å². The van der Waals surface area contributed by atoms with Gasteiger partial charge in [0, 0.05) is 18.3 Å². The largest absolute Gasteiger partial charge is 0.361 e. The summed E-state index contributed by atoms with van der Waals surface area (Å²) in [5.74, 6) is 0.394. The molecule has 6 heteroatoms. The van der Waals surface area contributed by atoms with E-state index in [0.29, 0.717) is 17.8 Å². The van der Waals surface area contributed by atoms with Gasteiger partial charge in [0.2, 0.25) is 0 Å². The third kappa shape index (κ3) is 2.81. The van der Waals surface area contributed by atoms with Gasteiger partial charge in [-0.05, 0) is 44.4 Å². The molecule has 22 heavy (non-hydrogen) atoms. The Kier molecular flexibility index (Phi) is 3.83. The summed E-state index contributed by atoms with van der Waals surface area (Å²) in [6.07, 6.45) is 1.76. The van der Waals surface area contributed by atoms with Crippen molar-refractivity contribution in [2.75, 3.05) is 11.9 Å². The lowest BCUT2D eigenvalue weighted by Gasteiger charge is -2.23. The van der Waals surface area contributed by atoms with Crippen molar-refractivity contribution in [1.82, 2.24) is 10.1 Å². The fourth-order valence-electron chi connectivity index (χ4n) is 2.73. The number of urea groups is 1. The lowest BCUT2D eigenvalue weighted by molar-refractivity contribution is 0.204. The first-order chi connectivity index (χ1) is 10.5. The highest BCUT2D eigenvalue weighted by atomic mass is 19.1. The van der Waals surface area contributed by atoms with Crippen molar-refractivity contribution < 1.29 is 13.7 Å². The van der Waals surface area contributed by atoms with E-state index in [1.165, 1.54) is 6.07 Å². The summed E-state index contributed by atoms with van der Waals surface area (Å²) in [5.41, 5.74) is 1.77. The van der Waals surface area contributed by atoms with Crippen LogP contribution in [0.5, 0.6) is 0 Å². The molecule has 2 aromatic rings. The molecule has 1 fully saturated rings. The van der Waals surface area contributed by atoms with Gasteiger partial charge in [0.05, 0.1) is 6.04 Å². The number of hydrogen-bond donors (Lipinski definition) is 1. The molecule has 2 amide bonds. The first-order valence-electron chi connectivity index (χ1n) is 7.31. The molecule has 1 N–H and O–H groups in total. The fraction of sp³-hybridized carbons (Fsp3) is 0.375. The topological polar surface area (TPSA) is 58.4 Å². The van der Waals surface area contributed by atoms with Crippen LogP contribution in [0.4, 0.5) is 14.9 Å². The van der Waals surface area contributed by atoms with Gasteiger partial charge in [0.25, 0.3) is 0 Å². The van der Waals surface area contributed by atoms with Crippen LogP contribution in [0, 0.1) is 19.7 Å². The van der Waals surface area contributed by atoms with Crippen LogP contribution in [0.15, 0.2) is 28.8 Å². The molecule has 1 aliphatic rings. The van der Waals surface area contributed by atoms with Crippen LogP contribution in [0.25, 0.3) is 0 Å². The highest BCUT2D eigenvalue weighted by Crippen LogP contribution is 2.32. The van der Waals surface area contributed by atoms with Gasteiger partial charge in [0.15, 0.2) is 0 Å². The molecule has 1 atom stereocenters. The normalized spacial score (nSPS) is 17.8. The van der Waals surface area contributed by atoms with Crippen LogP contribution in [-0.4, -0.2) is 22.6 Å². The van der Waals surface area contributed by atoms with E-state index in [4.69, 9.17) is 4.52 Å². The second-order valence-corrected chi connectivity index (χ2v) is 5.61. The van der Waals surface area contributed by atoms with E-state index in [9.17, 15) is 9.18 Å². The minimum atomic E-state index is -0.331. The van der Waals surface area contributed by atoms with E-state index < -0.39 is 0 Å². The highest BCUT2D eigenvalue weighted by Gasteiger charge is 2.32. The molecule has 1 aromatic carbocycles. The molecule has 2 heterocycles. The molecule has 1 aliphatic heterocycles. The van der Waals surface area contributed by atoms with Crippen molar-refractivity contribution in [1.29, 1.82) is 0 Å². The Morgan fingerprint density at radius 1 is 1.41 bits per heavy atom. The highest BCUT2D eigenvalue weighted by molar-refractivity contribution is 5.89. The number of aryl methyl sites for hydroxylation is 2. The Morgan fingerprint density at radius 2 is 2.23 bits per heavy atom. The fourth-order valence-corrected chi connectivity index (χ4v) is 2.73. The molecule has 0 radical (unpaired) electrons. The van der Waals surface area contributed by atoms with Gasteiger partial charge in [-0.3, -0.25) is 0 Å². The SMILES string of the molecule is Cc1cc([C@@H]2CCCN2C(=O)Nc2ccc(C)c(F)c2)no1. The number of anilines is 1. The first-order valence-corrected chi connectivity index (χ1v) is 7.31. The second kappa shape index (κ2) is 5.79. The number of likely N-dealkylation sites (tertiary alicyclic amines) is 1. The third-order valence-electron chi connectivity index (χ3n) is 3.92. The van der Waals surface area contributed by atoms with Gasteiger partial charge >= 0.3 is 6.03 Å².